The first-order chi connectivity index (χ1) is 9.64. The summed E-state index contributed by atoms with van der Waals surface area (Å²) >= 11 is 0. The van der Waals surface area contributed by atoms with E-state index in [0.29, 0.717) is 0 Å². The van der Waals surface area contributed by atoms with Gasteiger partial charge in [0.25, 0.3) is 0 Å². The number of ether oxygens (including phenoxy) is 1. The number of carbonyl (C=O) groups is 1. The van der Waals surface area contributed by atoms with E-state index in [2.05, 4.69) is 0 Å². The summed E-state index contributed by atoms with van der Waals surface area (Å²) in [6, 6.07) is -1.10. The number of alkyl halides is 3. The molecule has 0 aliphatic carbocycles. The van der Waals surface area contributed by atoms with Crippen LogP contribution in [0.2, 0.25) is 0 Å². The van der Waals surface area contributed by atoms with Crippen molar-refractivity contribution >= 4 is 15.7 Å². The lowest BCUT2D eigenvalue weighted by atomic mass is 10.2. The van der Waals surface area contributed by atoms with Gasteiger partial charge in [-0.3, -0.25) is 9.57 Å². The van der Waals surface area contributed by atoms with Gasteiger partial charge in [0.15, 0.2) is 6.10 Å². The fraction of sp³-hybridized carbons (Fsp3) is 0.917. The first-order valence-corrected chi connectivity index (χ1v) is 8.51. The molecule has 0 bridgehead atoms. The van der Waals surface area contributed by atoms with E-state index in [0.717, 1.165) is 0 Å². The molecule has 132 valence electrons. The Morgan fingerprint density at radius 1 is 1.27 bits per heavy atom. The largest absolute Gasteiger partial charge is 0.459 e. The van der Waals surface area contributed by atoms with Crippen molar-refractivity contribution in [3.63, 3.8) is 0 Å². The number of aliphatic hydroxyl groups excluding tert-OH is 1. The van der Waals surface area contributed by atoms with Gasteiger partial charge >= 0.3 is 12.1 Å². The van der Waals surface area contributed by atoms with E-state index in [1.165, 1.54) is 0 Å². The van der Waals surface area contributed by atoms with E-state index in [-0.39, 0.29) is 12.2 Å². The molecule has 0 fully saturated rings. The van der Waals surface area contributed by atoms with Crippen LogP contribution in [0.3, 0.4) is 0 Å². The smallest absolute Gasteiger partial charge is 0.414 e. The number of carbonyl (C=O) groups excluding carboxylic acids is 1. The molecular formula is C12H23F3N2O4S. The minimum Gasteiger partial charge on any atom is -0.459 e. The van der Waals surface area contributed by atoms with Crippen molar-refractivity contribution < 1.29 is 32.0 Å². The van der Waals surface area contributed by atoms with Gasteiger partial charge in [0, 0.05) is 21.2 Å². The molecule has 0 aromatic heterocycles. The lowest BCUT2D eigenvalue weighted by Gasteiger charge is -2.22. The third-order valence-electron chi connectivity index (χ3n) is 2.57. The zero-order valence-corrected chi connectivity index (χ0v) is 13.6. The minimum atomic E-state index is -4.80. The van der Waals surface area contributed by atoms with Crippen molar-refractivity contribution in [1.29, 1.82) is 4.78 Å². The zero-order valence-electron chi connectivity index (χ0n) is 12.8. The van der Waals surface area contributed by atoms with Gasteiger partial charge in [0.1, 0.15) is 11.6 Å². The Hall–Kier alpha value is -0.870. The summed E-state index contributed by atoms with van der Waals surface area (Å²) in [5, 5.41) is 8.81. The summed E-state index contributed by atoms with van der Waals surface area (Å²) in [7, 11) is -3.36. The summed E-state index contributed by atoms with van der Waals surface area (Å²) in [5.74, 6) is -1.68. The van der Waals surface area contributed by atoms with Gasteiger partial charge in [-0.05, 0) is 33.6 Å². The maximum atomic E-state index is 12.1. The molecule has 0 saturated heterocycles. The molecule has 0 spiro atoms. The highest BCUT2D eigenvalue weighted by Crippen LogP contribution is 2.22. The molecule has 22 heavy (non-hydrogen) atoms. The number of hydrogen-bond donors (Lipinski definition) is 3. The molecule has 4 N–H and O–H groups in total. The predicted molar refractivity (Wildman–Crippen MR) is 75.7 cm³/mol. The van der Waals surface area contributed by atoms with Crippen LogP contribution in [-0.2, 0) is 19.3 Å². The minimum absolute atomic E-state index is 0.140. The summed E-state index contributed by atoms with van der Waals surface area (Å²) in [6.45, 7) is 4.93. The lowest BCUT2D eigenvalue weighted by Crippen LogP contribution is -2.38. The monoisotopic (exact) mass is 348 g/mol. The molecule has 0 aromatic rings. The predicted octanol–water partition coefficient (Wildman–Crippen LogP) is 1.41. The molecule has 0 aromatic carbocycles. The molecule has 10 heteroatoms. The number of halogens is 3. The second kappa shape index (κ2) is 7.60. The molecule has 3 atom stereocenters. The maximum absolute atomic E-state index is 12.1. The Kier molecular flexibility index (Phi) is 7.30. The van der Waals surface area contributed by atoms with Gasteiger partial charge in [0.05, 0.1) is 0 Å². The maximum Gasteiger partial charge on any atom is 0.414 e. The number of nitrogens with two attached hydrogens (primary N) is 1. The van der Waals surface area contributed by atoms with Crippen LogP contribution >= 0.6 is 0 Å². The second-order valence-electron chi connectivity index (χ2n) is 5.99. The van der Waals surface area contributed by atoms with Crippen molar-refractivity contribution in [3.05, 3.63) is 0 Å². The van der Waals surface area contributed by atoms with Crippen LogP contribution in [-0.4, -0.2) is 50.7 Å². The topological polar surface area (TPSA) is 113 Å². The van der Waals surface area contributed by atoms with Gasteiger partial charge < -0.3 is 15.6 Å². The number of esters is 1. The first kappa shape index (κ1) is 21.1. The molecule has 0 rings (SSSR count). The number of aliphatic hydroxyl groups is 1. The zero-order chi connectivity index (χ0) is 17.8. The summed E-state index contributed by atoms with van der Waals surface area (Å²) in [5.41, 5.74) is 4.80. The highest BCUT2D eigenvalue weighted by Gasteiger charge is 2.38. The second-order valence-corrected chi connectivity index (χ2v) is 8.43. The number of hydrogen-bond acceptors (Lipinski definition) is 6. The highest BCUT2D eigenvalue weighted by atomic mass is 32.2. The molecule has 0 unspecified atom stereocenters. The Bertz CT molecular complexity index is 472. The Morgan fingerprint density at radius 3 is 2.14 bits per heavy atom. The number of nitrogens with one attached hydrogen (secondary N) is 1. The van der Waals surface area contributed by atoms with Gasteiger partial charge in [-0.2, -0.15) is 13.2 Å². The normalized spacial score (nSPS) is 18.4. The van der Waals surface area contributed by atoms with Crippen LogP contribution < -0.4 is 5.73 Å². The van der Waals surface area contributed by atoms with Gasteiger partial charge in [-0.15, -0.1) is 0 Å². The fourth-order valence-corrected chi connectivity index (χ4v) is 2.82. The van der Waals surface area contributed by atoms with Crippen LogP contribution in [0.25, 0.3) is 0 Å². The average Bonchev–Trinajstić information content (AvgIpc) is 2.29. The van der Waals surface area contributed by atoms with Crippen LogP contribution in [0, 0.1) is 4.78 Å². The van der Waals surface area contributed by atoms with Crippen molar-refractivity contribution in [1.82, 2.24) is 0 Å². The lowest BCUT2D eigenvalue weighted by molar-refractivity contribution is -0.203. The average molecular weight is 348 g/mol. The van der Waals surface area contributed by atoms with E-state index in [4.69, 9.17) is 20.4 Å². The fourth-order valence-electron chi connectivity index (χ4n) is 1.38. The summed E-state index contributed by atoms with van der Waals surface area (Å²) in [4.78, 5) is 11.6. The molecular weight excluding hydrogens is 325 g/mol. The van der Waals surface area contributed by atoms with Gasteiger partial charge in [-0.25, -0.2) is 4.21 Å². The molecule has 0 aliphatic heterocycles. The van der Waals surface area contributed by atoms with Crippen LogP contribution in [0.5, 0.6) is 0 Å². The molecule has 6 nitrogen and oxygen atoms in total. The van der Waals surface area contributed by atoms with E-state index >= 15 is 0 Å². The van der Waals surface area contributed by atoms with Crippen molar-refractivity contribution in [2.24, 2.45) is 5.73 Å². The van der Waals surface area contributed by atoms with Gasteiger partial charge in [-0.1, -0.05) is 0 Å². The highest BCUT2D eigenvalue weighted by molar-refractivity contribution is 7.92. The van der Waals surface area contributed by atoms with Crippen LogP contribution in [0.4, 0.5) is 13.2 Å². The molecule has 0 heterocycles. The summed E-state index contributed by atoms with van der Waals surface area (Å²) in [6.07, 6.45) is -8.38. The molecule has 0 aliphatic rings. The van der Waals surface area contributed by atoms with E-state index in [1.807, 2.05) is 0 Å². The molecule has 0 radical (unpaired) electrons. The van der Waals surface area contributed by atoms with Crippen LogP contribution in [0.15, 0.2) is 0 Å². The van der Waals surface area contributed by atoms with E-state index in [1.54, 1.807) is 20.8 Å². The SMILES string of the molecule is CC(C)(C)OC(=O)[C@@H](N)CC[S@@](=N)(=O)CC[C@@H](O)C(F)(F)F. The van der Waals surface area contributed by atoms with E-state index in [9.17, 15) is 22.2 Å². The summed E-state index contributed by atoms with van der Waals surface area (Å²) < 4.78 is 60.6. The van der Waals surface area contributed by atoms with E-state index < -0.39 is 51.8 Å². The molecule has 0 saturated carbocycles. The van der Waals surface area contributed by atoms with Crippen LogP contribution in [0.1, 0.15) is 33.6 Å². The Morgan fingerprint density at radius 2 is 1.73 bits per heavy atom. The quantitative estimate of drug-likeness (QED) is 0.602. The van der Waals surface area contributed by atoms with Crippen molar-refractivity contribution in [2.75, 3.05) is 11.5 Å². The Labute approximate surface area is 128 Å². The third kappa shape index (κ3) is 9.21. The van der Waals surface area contributed by atoms with Crippen molar-refractivity contribution in [2.45, 2.75) is 57.5 Å². The number of rotatable bonds is 7. The Balaban J connectivity index is 4.36. The first-order valence-electron chi connectivity index (χ1n) is 6.61. The molecule has 0 amide bonds. The van der Waals surface area contributed by atoms with Crippen molar-refractivity contribution in [3.8, 4) is 0 Å². The standard InChI is InChI=1S/C12H23F3N2O4S/c1-11(2,3)21-10(19)8(16)4-6-22(17,20)7-5-9(18)12(13,14)15/h8-9,17-18H,4-7,16H2,1-3H3/t8-,9+,22+/m0/s1. The third-order valence-corrected chi connectivity index (χ3v) is 4.36. The van der Waals surface area contributed by atoms with Gasteiger partial charge in [0.2, 0.25) is 0 Å².